The van der Waals surface area contributed by atoms with E-state index in [0.717, 1.165) is 11.8 Å². The summed E-state index contributed by atoms with van der Waals surface area (Å²) in [4.78, 5) is 8.08. The van der Waals surface area contributed by atoms with E-state index in [0.29, 0.717) is 11.3 Å². The van der Waals surface area contributed by atoms with Gasteiger partial charge in [0.2, 0.25) is 0 Å². The average Bonchev–Trinajstić information content (AvgIpc) is 2.17. The number of halogens is 1. The van der Waals surface area contributed by atoms with Crippen molar-refractivity contribution in [2.45, 2.75) is 6.92 Å². The van der Waals surface area contributed by atoms with Crippen LogP contribution in [-0.4, -0.2) is 15.1 Å². The average molecular weight is 204 g/mol. The molecule has 0 aliphatic rings. The third-order valence-corrected chi connectivity index (χ3v) is 1.98. The monoisotopic (exact) mass is 204 g/mol. The third kappa shape index (κ3) is 1.93. The van der Waals surface area contributed by atoms with Gasteiger partial charge in [-0.05, 0) is 19.1 Å². The molecular formula is C11H9FN2O. The summed E-state index contributed by atoms with van der Waals surface area (Å²) >= 11 is 0. The maximum absolute atomic E-state index is 13.4. The lowest BCUT2D eigenvalue weighted by molar-refractivity contribution is 0.469. The van der Waals surface area contributed by atoms with Crippen LogP contribution in [0.25, 0.3) is 11.3 Å². The fourth-order valence-corrected chi connectivity index (χ4v) is 1.30. The second kappa shape index (κ2) is 3.65. The Morgan fingerprint density at radius 1 is 1.27 bits per heavy atom. The molecule has 0 bridgehead atoms. The summed E-state index contributed by atoms with van der Waals surface area (Å²) in [5.41, 5.74) is 1.52. The number of hydrogen-bond acceptors (Lipinski definition) is 3. The van der Waals surface area contributed by atoms with Crippen LogP contribution in [0.3, 0.4) is 0 Å². The molecule has 0 radical (unpaired) electrons. The van der Waals surface area contributed by atoms with Crippen molar-refractivity contribution in [1.82, 2.24) is 9.97 Å². The standard InChI is InChI=1S/C11H9FN2O/c1-7-5-13-6-11(14-7)9-3-2-8(15)4-10(9)12/h2-6,15H,1H3. The Kier molecular flexibility index (Phi) is 2.33. The molecule has 0 spiro atoms. The molecule has 2 rings (SSSR count). The molecule has 0 amide bonds. The van der Waals surface area contributed by atoms with Crippen molar-refractivity contribution in [2.24, 2.45) is 0 Å². The topological polar surface area (TPSA) is 46.0 Å². The molecule has 1 heterocycles. The maximum atomic E-state index is 13.4. The molecule has 15 heavy (non-hydrogen) atoms. The summed E-state index contributed by atoms with van der Waals surface area (Å²) in [7, 11) is 0. The van der Waals surface area contributed by atoms with Crippen LogP contribution in [0.4, 0.5) is 4.39 Å². The third-order valence-electron chi connectivity index (χ3n) is 1.98. The van der Waals surface area contributed by atoms with Crippen LogP contribution in [0.1, 0.15) is 5.69 Å². The summed E-state index contributed by atoms with van der Waals surface area (Å²) in [6.45, 7) is 1.79. The van der Waals surface area contributed by atoms with Crippen molar-refractivity contribution in [2.75, 3.05) is 0 Å². The van der Waals surface area contributed by atoms with E-state index in [2.05, 4.69) is 9.97 Å². The normalized spacial score (nSPS) is 10.3. The first-order valence-electron chi connectivity index (χ1n) is 4.44. The highest BCUT2D eigenvalue weighted by Gasteiger charge is 2.07. The van der Waals surface area contributed by atoms with Crippen LogP contribution in [0, 0.1) is 12.7 Å². The first-order valence-corrected chi connectivity index (χ1v) is 4.44. The van der Waals surface area contributed by atoms with E-state index in [1.807, 2.05) is 0 Å². The Bertz CT molecular complexity index is 500. The lowest BCUT2D eigenvalue weighted by Crippen LogP contribution is -1.91. The smallest absolute Gasteiger partial charge is 0.136 e. The lowest BCUT2D eigenvalue weighted by Gasteiger charge is -2.03. The molecular weight excluding hydrogens is 195 g/mol. The van der Waals surface area contributed by atoms with Crippen LogP contribution in [0.2, 0.25) is 0 Å². The molecule has 0 saturated carbocycles. The molecule has 1 N–H and O–H groups in total. The van der Waals surface area contributed by atoms with Crippen molar-refractivity contribution in [3.63, 3.8) is 0 Å². The number of aromatic hydroxyl groups is 1. The van der Waals surface area contributed by atoms with Crippen molar-refractivity contribution in [1.29, 1.82) is 0 Å². The highest BCUT2D eigenvalue weighted by molar-refractivity contribution is 5.60. The molecule has 0 atom stereocenters. The number of phenols is 1. The maximum Gasteiger partial charge on any atom is 0.136 e. The predicted molar refractivity (Wildman–Crippen MR) is 53.8 cm³/mol. The number of rotatable bonds is 1. The minimum Gasteiger partial charge on any atom is -0.508 e. The number of phenolic OH excluding ortho intramolecular Hbond substituents is 1. The lowest BCUT2D eigenvalue weighted by atomic mass is 10.1. The first-order chi connectivity index (χ1) is 7.16. The van der Waals surface area contributed by atoms with Gasteiger partial charge >= 0.3 is 0 Å². The summed E-state index contributed by atoms with van der Waals surface area (Å²) in [6, 6.07) is 3.95. The zero-order valence-electron chi connectivity index (χ0n) is 8.11. The summed E-state index contributed by atoms with van der Waals surface area (Å²) in [5, 5.41) is 9.06. The molecule has 0 fully saturated rings. The van der Waals surface area contributed by atoms with Gasteiger partial charge in [0, 0.05) is 17.8 Å². The SMILES string of the molecule is Cc1cncc(-c2ccc(O)cc2F)n1. The van der Waals surface area contributed by atoms with E-state index < -0.39 is 5.82 Å². The second-order valence-corrected chi connectivity index (χ2v) is 3.21. The Hall–Kier alpha value is -1.97. The van der Waals surface area contributed by atoms with Gasteiger partial charge in [0.25, 0.3) is 0 Å². The number of hydrogen-bond donors (Lipinski definition) is 1. The van der Waals surface area contributed by atoms with Crippen molar-refractivity contribution in [3.8, 4) is 17.0 Å². The summed E-state index contributed by atoms with van der Waals surface area (Å²) in [5.74, 6) is -0.605. The molecule has 1 aromatic carbocycles. The summed E-state index contributed by atoms with van der Waals surface area (Å²) < 4.78 is 13.4. The van der Waals surface area contributed by atoms with Crippen LogP contribution in [0.5, 0.6) is 5.75 Å². The number of benzene rings is 1. The van der Waals surface area contributed by atoms with Crippen molar-refractivity contribution in [3.05, 3.63) is 42.1 Å². The molecule has 0 saturated heterocycles. The van der Waals surface area contributed by atoms with Gasteiger partial charge in [-0.3, -0.25) is 4.98 Å². The minimum absolute atomic E-state index is 0.100. The second-order valence-electron chi connectivity index (χ2n) is 3.21. The molecule has 2 aromatic rings. The van der Waals surface area contributed by atoms with Gasteiger partial charge in [0.15, 0.2) is 0 Å². The van der Waals surface area contributed by atoms with Crippen LogP contribution in [-0.2, 0) is 0 Å². The van der Waals surface area contributed by atoms with Gasteiger partial charge in [-0.1, -0.05) is 0 Å². The van der Waals surface area contributed by atoms with E-state index >= 15 is 0 Å². The van der Waals surface area contributed by atoms with E-state index in [1.165, 1.54) is 18.3 Å². The quantitative estimate of drug-likeness (QED) is 0.775. The summed E-state index contributed by atoms with van der Waals surface area (Å²) in [6.07, 6.45) is 3.09. The first kappa shape index (κ1) is 9.58. The van der Waals surface area contributed by atoms with Crippen LogP contribution >= 0.6 is 0 Å². The molecule has 4 heteroatoms. The number of nitrogens with zero attached hydrogens (tertiary/aromatic N) is 2. The van der Waals surface area contributed by atoms with Crippen molar-refractivity contribution >= 4 is 0 Å². The van der Waals surface area contributed by atoms with E-state index in [4.69, 9.17) is 5.11 Å². The Labute approximate surface area is 86.3 Å². The number of aryl methyl sites for hydroxylation is 1. The largest absolute Gasteiger partial charge is 0.508 e. The van der Waals surface area contributed by atoms with Gasteiger partial charge in [-0.25, -0.2) is 9.37 Å². The van der Waals surface area contributed by atoms with Crippen LogP contribution < -0.4 is 0 Å². The molecule has 3 nitrogen and oxygen atoms in total. The predicted octanol–water partition coefficient (Wildman–Crippen LogP) is 2.30. The Balaban J connectivity index is 2.54. The molecule has 0 aliphatic carbocycles. The highest BCUT2D eigenvalue weighted by Crippen LogP contribution is 2.23. The minimum atomic E-state index is -0.505. The van der Waals surface area contributed by atoms with E-state index in [-0.39, 0.29) is 5.75 Å². The fourth-order valence-electron chi connectivity index (χ4n) is 1.30. The number of aromatic nitrogens is 2. The Morgan fingerprint density at radius 2 is 2.07 bits per heavy atom. The zero-order valence-corrected chi connectivity index (χ0v) is 8.11. The molecule has 0 aliphatic heterocycles. The van der Waals surface area contributed by atoms with E-state index in [9.17, 15) is 4.39 Å². The van der Waals surface area contributed by atoms with Gasteiger partial charge < -0.3 is 5.11 Å². The fraction of sp³-hybridized carbons (Fsp3) is 0.0909. The molecule has 76 valence electrons. The molecule has 1 aromatic heterocycles. The van der Waals surface area contributed by atoms with E-state index in [1.54, 1.807) is 13.1 Å². The Morgan fingerprint density at radius 3 is 2.73 bits per heavy atom. The zero-order chi connectivity index (χ0) is 10.8. The van der Waals surface area contributed by atoms with Gasteiger partial charge in [-0.15, -0.1) is 0 Å². The van der Waals surface area contributed by atoms with Gasteiger partial charge in [0.05, 0.1) is 17.6 Å². The van der Waals surface area contributed by atoms with Crippen LogP contribution in [0.15, 0.2) is 30.6 Å². The van der Waals surface area contributed by atoms with Gasteiger partial charge in [0.1, 0.15) is 11.6 Å². The molecule has 0 unspecified atom stereocenters. The van der Waals surface area contributed by atoms with Gasteiger partial charge in [-0.2, -0.15) is 0 Å². The van der Waals surface area contributed by atoms with Crippen molar-refractivity contribution < 1.29 is 9.50 Å². The highest BCUT2D eigenvalue weighted by atomic mass is 19.1.